The third kappa shape index (κ3) is 6.65. The van der Waals surface area contributed by atoms with Gasteiger partial charge in [0.05, 0.1) is 28.5 Å². The lowest BCUT2D eigenvalue weighted by Crippen LogP contribution is -2.32. The number of alkyl halides is 3. The van der Waals surface area contributed by atoms with E-state index >= 15 is 13.2 Å². The summed E-state index contributed by atoms with van der Waals surface area (Å²) in [5.41, 5.74) is 5.93. The maximum atomic E-state index is 15.8. The standard InChI is InChI=1S/C45H25Cl4F3N4/c46-28-9-1-24(2-10-28)39-32-23-53-44(43(32)45(50,51)52)42(27-7-15-31(49)16-8-27)38-22-21-37(56-38)41(26-5-13-30(48)14-6-26)36-20-19-35(55-36)40(34-18-17-33(39)54-34)25-3-11-29(47)12-4-25/h1-23,43,55H. The highest BCUT2D eigenvalue weighted by molar-refractivity contribution is 6.36. The molecule has 9 rings (SSSR count). The predicted molar refractivity (Wildman–Crippen MR) is 223 cm³/mol. The number of H-pyrrole nitrogens is 1. The molecule has 5 heterocycles. The first-order valence-corrected chi connectivity index (χ1v) is 18.9. The number of rotatable bonds is 4. The van der Waals surface area contributed by atoms with E-state index in [1.165, 1.54) is 6.20 Å². The van der Waals surface area contributed by atoms with Gasteiger partial charge in [0.15, 0.2) is 0 Å². The number of benzene rings is 4. The molecule has 56 heavy (non-hydrogen) atoms. The summed E-state index contributed by atoms with van der Waals surface area (Å²) in [4.78, 5) is 18.4. The van der Waals surface area contributed by atoms with Gasteiger partial charge in [-0.1, -0.05) is 94.9 Å². The summed E-state index contributed by atoms with van der Waals surface area (Å²) >= 11 is 25.2. The van der Waals surface area contributed by atoms with E-state index in [2.05, 4.69) is 9.98 Å². The van der Waals surface area contributed by atoms with Crippen LogP contribution in [0.15, 0.2) is 172 Å². The van der Waals surface area contributed by atoms with Gasteiger partial charge >= 0.3 is 6.18 Å². The lowest BCUT2D eigenvalue weighted by molar-refractivity contribution is -0.144. The zero-order chi connectivity index (χ0) is 38.7. The quantitative estimate of drug-likeness (QED) is 0.188. The summed E-state index contributed by atoms with van der Waals surface area (Å²) in [6, 6.07) is 31.9. The van der Waals surface area contributed by atoms with Crippen molar-refractivity contribution in [2.75, 3.05) is 0 Å². The zero-order valence-corrected chi connectivity index (χ0v) is 31.9. The first kappa shape index (κ1) is 36.2. The number of hydrogen-bond acceptors (Lipinski definition) is 3. The summed E-state index contributed by atoms with van der Waals surface area (Å²) in [7, 11) is 0. The maximum absolute atomic E-state index is 15.8. The average molecular weight is 821 g/mol. The predicted octanol–water partition coefficient (Wildman–Crippen LogP) is 11.4. The molecule has 0 amide bonds. The molecule has 0 fully saturated rings. The van der Waals surface area contributed by atoms with Crippen molar-refractivity contribution in [3.05, 3.63) is 210 Å². The van der Waals surface area contributed by atoms with Gasteiger partial charge in [-0.25, -0.2) is 9.98 Å². The van der Waals surface area contributed by atoms with Crippen LogP contribution in [0.25, 0.3) is 22.3 Å². The van der Waals surface area contributed by atoms with E-state index in [1.807, 2.05) is 42.5 Å². The molecule has 4 nitrogen and oxygen atoms in total. The third-order valence-electron chi connectivity index (χ3n) is 9.86. The highest BCUT2D eigenvalue weighted by atomic mass is 35.5. The van der Waals surface area contributed by atoms with E-state index in [9.17, 15) is 0 Å². The lowest BCUT2D eigenvalue weighted by Gasteiger charge is -2.25. The molecule has 1 atom stereocenters. The van der Waals surface area contributed by atoms with E-state index in [4.69, 9.17) is 56.4 Å². The molecule has 1 aromatic heterocycles. The van der Waals surface area contributed by atoms with Crippen LogP contribution in [-0.2, 0) is 0 Å². The van der Waals surface area contributed by atoms with Crippen molar-refractivity contribution >= 4 is 85.8 Å². The minimum absolute atomic E-state index is 0.0616. The van der Waals surface area contributed by atoms with Crippen molar-refractivity contribution in [1.82, 2.24) is 4.98 Å². The minimum Gasteiger partial charge on any atom is -0.354 e. The molecule has 11 heteroatoms. The first-order valence-electron chi connectivity index (χ1n) is 17.4. The van der Waals surface area contributed by atoms with Crippen molar-refractivity contribution < 1.29 is 13.2 Å². The fraction of sp³-hybridized carbons (Fsp3) is 0.0444. The molecular weight excluding hydrogens is 795 g/mol. The SMILES string of the molecule is FC(F)(F)C1C2=CN=C1C(c1ccc(Cl)cc1)=C1C=CC(=N1)C(c1ccc(Cl)cc1)=c1ccc([nH]1)=C(c1ccc(Cl)cc1)C1=NC(=C2c2ccc(Cl)cc2)C=C1. The van der Waals surface area contributed by atoms with E-state index in [1.54, 1.807) is 91.0 Å². The fourth-order valence-corrected chi connectivity index (χ4v) is 7.89. The minimum atomic E-state index is -4.77. The van der Waals surface area contributed by atoms with Gasteiger partial charge < -0.3 is 4.98 Å². The van der Waals surface area contributed by atoms with Gasteiger partial charge in [0.2, 0.25) is 0 Å². The van der Waals surface area contributed by atoms with Gasteiger partial charge in [-0.05, 0) is 113 Å². The van der Waals surface area contributed by atoms with Gasteiger partial charge in [0.1, 0.15) is 5.92 Å². The second-order valence-corrected chi connectivity index (χ2v) is 15.1. The molecule has 0 saturated heterocycles. The number of nitrogens with zero attached hydrogens (tertiary/aromatic N) is 3. The molecule has 274 valence electrons. The van der Waals surface area contributed by atoms with Gasteiger partial charge in [0, 0.05) is 59.3 Å². The number of hydrogen-bond donors (Lipinski definition) is 1. The van der Waals surface area contributed by atoms with Gasteiger partial charge in [-0.3, -0.25) is 4.99 Å². The first-order chi connectivity index (χ1) is 27.0. The summed E-state index contributed by atoms with van der Waals surface area (Å²) in [5, 5.41) is 3.42. The van der Waals surface area contributed by atoms with Gasteiger partial charge in [-0.15, -0.1) is 0 Å². The number of aromatic nitrogens is 1. The number of aromatic amines is 1. The number of halogens is 7. The lowest BCUT2D eigenvalue weighted by atomic mass is 9.81. The molecule has 5 aromatic rings. The van der Waals surface area contributed by atoms with Crippen molar-refractivity contribution in [1.29, 1.82) is 0 Å². The van der Waals surface area contributed by atoms with Crippen LogP contribution < -0.4 is 10.7 Å². The molecule has 1 unspecified atom stereocenters. The second kappa shape index (κ2) is 14.3. The molecule has 0 aliphatic carbocycles. The summed E-state index contributed by atoms with van der Waals surface area (Å²) in [6.45, 7) is 0. The molecule has 1 N–H and O–H groups in total. The average Bonchev–Trinajstić information content (AvgIpc) is 4.01. The molecule has 8 bridgehead atoms. The van der Waals surface area contributed by atoms with Crippen LogP contribution in [0.3, 0.4) is 0 Å². The van der Waals surface area contributed by atoms with E-state index in [-0.39, 0.29) is 22.4 Å². The number of fused-ring (bicyclic) bond motifs is 6. The number of aliphatic imine (C=N–C) groups is 3. The molecular formula is C45H25Cl4F3N4. The largest absolute Gasteiger partial charge is 0.401 e. The second-order valence-electron chi connectivity index (χ2n) is 13.3. The summed E-state index contributed by atoms with van der Waals surface area (Å²) in [5.74, 6) is -2.14. The van der Waals surface area contributed by atoms with Crippen molar-refractivity contribution in [2.45, 2.75) is 6.18 Å². The molecule has 0 saturated carbocycles. The third-order valence-corrected chi connectivity index (χ3v) is 10.9. The highest BCUT2D eigenvalue weighted by Gasteiger charge is 2.50. The van der Waals surface area contributed by atoms with Gasteiger partial charge in [-0.2, -0.15) is 13.2 Å². The van der Waals surface area contributed by atoms with Gasteiger partial charge in [0.25, 0.3) is 0 Å². The summed E-state index contributed by atoms with van der Waals surface area (Å²) in [6.07, 6.45) is 3.61. The van der Waals surface area contributed by atoms with Crippen molar-refractivity contribution in [2.24, 2.45) is 20.9 Å². The Bertz CT molecular complexity index is 2650. The monoisotopic (exact) mass is 818 g/mol. The van der Waals surface area contributed by atoms with Crippen LogP contribution in [0.5, 0.6) is 0 Å². The van der Waals surface area contributed by atoms with E-state index in [0.29, 0.717) is 65.0 Å². The van der Waals surface area contributed by atoms with Crippen LogP contribution >= 0.6 is 46.4 Å². The Hall–Kier alpha value is -5.44. The van der Waals surface area contributed by atoms with E-state index < -0.39 is 12.1 Å². The number of nitrogens with one attached hydrogen (secondary N) is 1. The molecule has 4 aliphatic heterocycles. The maximum Gasteiger partial charge on any atom is 0.401 e. The van der Waals surface area contributed by atoms with Crippen molar-refractivity contribution in [3.63, 3.8) is 0 Å². The van der Waals surface area contributed by atoms with Crippen molar-refractivity contribution in [3.8, 4) is 0 Å². The topological polar surface area (TPSA) is 52.9 Å². The van der Waals surface area contributed by atoms with E-state index in [0.717, 1.165) is 22.0 Å². The molecule has 0 radical (unpaired) electrons. The Morgan fingerprint density at radius 2 is 0.839 bits per heavy atom. The smallest absolute Gasteiger partial charge is 0.354 e. The summed E-state index contributed by atoms with van der Waals surface area (Å²) < 4.78 is 47.5. The molecule has 4 aliphatic rings. The Balaban J connectivity index is 1.42. The Morgan fingerprint density at radius 1 is 0.464 bits per heavy atom. The molecule has 0 spiro atoms. The normalized spacial score (nSPS) is 17.8. The molecule has 4 aromatic carbocycles. The number of allylic oxidation sites excluding steroid dienone is 7. The van der Waals surface area contributed by atoms with Crippen LogP contribution in [0.4, 0.5) is 13.2 Å². The van der Waals surface area contributed by atoms with Crippen LogP contribution in [0.1, 0.15) is 22.3 Å². The zero-order valence-electron chi connectivity index (χ0n) is 28.8. The Labute approximate surface area is 339 Å². The fourth-order valence-electron chi connectivity index (χ4n) is 7.39. The van der Waals surface area contributed by atoms with Crippen LogP contribution in [0.2, 0.25) is 20.1 Å². The highest BCUT2D eigenvalue weighted by Crippen LogP contribution is 2.48. The van der Waals surface area contributed by atoms with Crippen LogP contribution in [-0.4, -0.2) is 28.3 Å². The Morgan fingerprint density at radius 3 is 1.25 bits per heavy atom. The Kier molecular flexibility index (Phi) is 9.21. The van der Waals surface area contributed by atoms with Crippen LogP contribution in [0, 0.1) is 5.92 Å².